The Kier molecular flexibility index (Phi) is 6.07. The van der Waals surface area contributed by atoms with Crippen LogP contribution in [0, 0.1) is 11.8 Å². The summed E-state index contributed by atoms with van der Waals surface area (Å²) in [7, 11) is 0. The van der Waals surface area contributed by atoms with E-state index >= 15 is 0 Å². The lowest BCUT2D eigenvalue weighted by atomic mass is 9.88. The van der Waals surface area contributed by atoms with Crippen LogP contribution < -0.4 is 10.6 Å². The van der Waals surface area contributed by atoms with Gasteiger partial charge in [-0.1, -0.05) is 22.9 Å². The molecule has 0 spiro atoms. The Morgan fingerprint density at radius 2 is 2.05 bits per heavy atom. The van der Waals surface area contributed by atoms with Crippen molar-refractivity contribution in [2.75, 3.05) is 18.4 Å². The van der Waals surface area contributed by atoms with Gasteiger partial charge in [0.1, 0.15) is 0 Å². The lowest BCUT2D eigenvalue weighted by Gasteiger charge is -2.31. The highest BCUT2D eigenvalue weighted by Gasteiger charge is 2.34. The first kappa shape index (κ1) is 18.3. The van der Waals surface area contributed by atoms with Crippen LogP contribution in [0.1, 0.15) is 12.5 Å². The Hall–Kier alpha value is -0.790. The van der Waals surface area contributed by atoms with Crippen LogP contribution in [-0.2, 0) is 11.0 Å². The van der Waals surface area contributed by atoms with Gasteiger partial charge in [0.15, 0.2) is 0 Å². The Morgan fingerprint density at radius 1 is 1.43 bits per heavy atom. The van der Waals surface area contributed by atoms with E-state index in [9.17, 15) is 18.0 Å². The molecule has 2 rings (SSSR count). The average Bonchev–Trinajstić information content (AvgIpc) is 2.27. The highest BCUT2D eigenvalue weighted by atomic mass is 79.9. The van der Waals surface area contributed by atoms with Gasteiger partial charge < -0.3 is 10.6 Å². The highest BCUT2D eigenvalue weighted by molar-refractivity contribution is 9.10. The van der Waals surface area contributed by atoms with E-state index in [0.29, 0.717) is 0 Å². The van der Waals surface area contributed by atoms with E-state index in [1.54, 1.807) is 6.92 Å². The van der Waals surface area contributed by atoms with E-state index in [1.165, 1.54) is 12.1 Å². The molecule has 1 unspecified atom stereocenters. The first-order valence-corrected chi connectivity index (χ1v) is 6.96. The summed E-state index contributed by atoms with van der Waals surface area (Å²) < 4.78 is 38.3. The molecule has 2 N–H and O–H groups in total. The van der Waals surface area contributed by atoms with Crippen LogP contribution in [0.4, 0.5) is 18.9 Å². The zero-order valence-electron chi connectivity index (χ0n) is 11.1. The van der Waals surface area contributed by atoms with E-state index in [4.69, 9.17) is 0 Å². The Morgan fingerprint density at radius 3 is 2.52 bits per heavy atom. The fraction of sp³-hybridized carbons (Fsp3) is 0.462. The summed E-state index contributed by atoms with van der Waals surface area (Å²) in [6.45, 7) is 3.32. The number of carbonyl (C=O) groups excluding carboxylic acids is 1. The number of nitrogens with one attached hydrogen (secondary N) is 2. The Bertz CT molecular complexity index is 521. The molecule has 0 saturated carbocycles. The molecular weight excluding hydrogens is 373 g/mol. The molecule has 1 amide bonds. The molecule has 3 nitrogen and oxygen atoms in total. The molecule has 1 aliphatic heterocycles. The van der Waals surface area contributed by atoms with Crippen molar-refractivity contribution in [3.8, 4) is 0 Å². The molecule has 1 aromatic carbocycles. The van der Waals surface area contributed by atoms with Crippen molar-refractivity contribution in [1.29, 1.82) is 0 Å². The van der Waals surface area contributed by atoms with E-state index in [2.05, 4.69) is 26.6 Å². The third-order valence-electron chi connectivity index (χ3n) is 3.47. The Labute approximate surface area is 135 Å². The molecule has 1 saturated heterocycles. The van der Waals surface area contributed by atoms with Crippen molar-refractivity contribution in [1.82, 2.24) is 5.32 Å². The summed E-state index contributed by atoms with van der Waals surface area (Å²) in [6.07, 6.45) is -4.46. The Balaban J connectivity index is 0.00000220. The second-order valence-electron chi connectivity index (χ2n) is 4.89. The quantitative estimate of drug-likeness (QED) is 0.831. The van der Waals surface area contributed by atoms with Gasteiger partial charge >= 0.3 is 6.18 Å². The van der Waals surface area contributed by atoms with Crippen molar-refractivity contribution in [3.05, 3.63) is 28.2 Å². The molecule has 1 aliphatic rings. The number of amides is 1. The molecule has 1 heterocycles. The first-order valence-electron chi connectivity index (χ1n) is 6.17. The zero-order valence-corrected chi connectivity index (χ0v) is 13.5. The lowest BCUT2D eigenvalue weighted by molar-refractivity contribution is -0.138. The number of hydrogen-bond acceptors (Lipinski definition) is 2. The van der Waals surface area contributed by atoms with Crippen LogP contribution in [-0.4, -0.2) is 19.0 Å². The summed E-state index contributed by atoms with van der Waals surface area (Å²) in [4.78, 5) is 12.0. The van der Waals surface area contributed by atoms with E-state index in [1.807, 2.05) is 0 Å². The molecule has 1 fully saturated rings. The third kappa shape index (κ3) is 4.34. The fourth-order valence-electron chi connectivity index (χ4n) is 1.95. The number of carbonyl (C=O) groups is 1. The monoisotopic (exact) mass is 386 g/mol. The standard InChI is InChI=1S/C13H14BrF3N2O.ClH/c1-7(8-5-18-6-8)12(20)19-9-2-3-11(14)10(4-9)13(15,16)17;/h2-4,7-8,18H,5-6H2,1H3,(H,19,20);1H. The maximum atomic E-state index is 12.8. The summed E-state index contributed by atoms with van der Waals surface area (Å²) in [5, 5.41) is 5.61. The SMILES string of the molecule is CC(C(=O)Nc1ccc(Br)c(C(F)(F)F)c1)C1CNC1.Cl. The van der Waals surface area contributed by atoms with Gasteiger partial charge in [-0.05, 0) is 37.2 Å². The van der Waals surface area contributed by atoms with Gasteiger partial charge in [0.2, 0.25) is 5.91 Å². The van der Waals surface area contributed by atoms with Gasteiger partial charge in [0.05, 0.1) is 5.56 Å². The number of rotatable bonds is 3. The van der Waals surface area contributed by atoms with Crippen molar-refractivity contribution >= 4 is 39.9 Å². The molecule has 1 aromatic rings. The second kappa shape index (κ2) is 6.98. The van der Waals surface area contributed by atoms with Gasteiger partial charge in [-0.2, -0.15) is 13.2 Å². The highest BCUT2D eigenvalue weighted by Crippen LogP contribution is 2.36. The van der Waals surface area contributed by atoms with Gasteiger partial charge in [-0.3, -0.25) is 4.79 Å². The number of benzene rings is 1. The molecule has 0 aromatic heterocycles. The molecular formula is C13H15BrClF3N2O. The fourth-order valence-corrected chi connectivity index (χ4v) is 2.43. The lowest BCUT2D eigenvalue weighted by Crippen LogP contribution is -2.48. The van der Waals surface area contributed by atoms with Gasteiger partial charge in [-0.25, -0.2) is 0 Å². The van der Waals surface area contributed by atoms with Gasteiger partial charge in [0.25, 0.3) is 0 Å². The van der Waals surface area contributed by atoms with Crippen LogP contribution in [0.3, 0.4) is 0 Å². The minimum atomic E-state index is -4.46. The van der Waals surface area contributed by atoms with Crippen molar-refractivity contribution in [3.63, 3.8) is 0 Å². The van der Waals surface area contributed by atoms with Crippen LogP contribution in [0.25, 0.3) is 0 Å². The average molecular weight is 388 g/mol. The molecule has 0 radical (unpaired) electrons. The maximum absolute atomic E-state index is 12.8. The number of anilines is 1. The molecule has 0 aliphatic carbocycles. The predicted molar refractivity (Wildman–Crippen MR) is 80.5 cm³/mol. The molecule has 1 atom stereocenters. The maximum Gasteiger partial charge on any atom is 0.417 e. The predicted octanol–water partition coefficient (Wildman–Crippen LogP) is 3.68. The van der Waals surface area contributed by atoms with Gasteiger partial charge in [-0.15, -0.1) is 12.4 Å². The van der Waals surface area contributed by atoms with Crippen molar-refractivity contribution in [2.24, 2.45) is 11.8 Å². The smallest absolute Gasteiger partial charge is 0.326 e. The topological polar surface area (TPSA) is 41.1 Å². The van der Waals surface area contributed by atoms with Crippen molar-refractivity contribution < 1.29 is 18.0 Å². The van der Waals surface area contributed by atoms with Crippen LogP contribution >= 0.6 is 28.3 Å². The summed E-state index contributed by atoms with van der Waals surface area (Å²) in [6, 6.07) is 3.67. The number of alkyl halides is 3. The van der Waals surface area contributed by atoms with Crippen LogP contribution in [0.2, 0.25) is 0 Å². The third-order valence-corrected chi connectivity index (χ3v) is 4.16. The van der Waals surface area contributed by atoms with Crippen molar-refractivity contribution in [2.45, 2.75) is 13.1 Å². The molecule has 0 bridgehead atoms. The summed E-state index contributed by atoms with van der Waals surface area (Å²) in [5.41, 5.74) is -0.641. The first-order chi connectivity index (χ1) is 9.29. The molecule has 118 valence electrons. The van der Waals surface area contributed by atoms with Crippen LogP contribution in [0.15, 0.2) is 22.7 Å². The zero-order chi connectivity index (χ0) is 14.9. The normalized spacial score (nSPS) is 16.6. The van der Waals surface area contributed by atoms with E-state index < -0.39 is 11.7 Å². The number of halogens is 5. The van der Waals surface area contributed by atoms with Crippen LogP contribution in [0.5, 0.6) is 0 Å². The minimum absolute atomic E-state index is 0. The molecule has 21 heavy (non-hydrogen) atoms. The second-order valence-corrected chi connectivity index (χ2v) is 5.74. The van der Waals surface area contributed by atoms with E-state index in [-0.39, 0.29) is 40.3 Å². The summed E-state index contributed by atoms with van der Waals surface area (Å²) >= 11 is 2.86. The number of hydrogen-bond donors (Lipinski definition) is 2. The van der Waals surface area contributed by atoms with E-state index in [0.717, 1.165) is 19.2 Å². The minimum Gasteiger partial charge on any atom is -0.326 e. The molecule has 8 heteroatoms. The van der Waals surface area contributed by atoms with Gasteiger partial charge in [0, 0.05) is 16.1 Å². The summed E-state index contributed by atoms with van der Waals surface area (Å²) in [5.74, 6) is -0.242. The largest absolute Gasteiger partial charge is 0.417 e.